The number of aliphatic carboxylic acids is 2. The fraction of sp³-hybridized carbons (Fsp3) is 0.600. The molecular formula is C20H32N2O8. The Morgan fingerprint density at radius 3 is 2.50 bits per heavy atom. The largest absolute Gasteiger partial charge is 0.496 e. The van der Waals surface area contributed by atoms with Gasteiger partial charge in [-0.3, -0.25) is 4.90 Å². The number of morpholine rings is 1. The van der Waals surface area contributed by atoms with E-state index in [1.54, 1.807) is 7.11 Å². The smallest absolute Gasteiger partial charge is 0.414 e. The van der Waals surface area contributed by atoms with Gasteiger partial charge >= 0.3 is 11.9 Å². The summed E-state index contributed by atoms with van der Waals surface area (Å²) in [7, 11) is 1.65. The topological polar surface area (TPSA) is 138 Å². The summed E-state index contributed by atoms with van der Waals surface area (Å²) in [6, 6.07) is 7.76. The van der Waals surface area contributed by atoms with Crippen LogP contribution in [-0.4, -0.2) is 97.9 Å². The van der Waals surface area contributed by atoms with Gasteiger partial charge in [0.05, 0.1) is 39.6 Å². The number of carboxylic acids is 2. The predicted molar refractivity (Wildman–Crippen MR) is 109 cm³/mol. The van der Waals surface area contributed by atoms with Crippen molar-refractivity contribution in [2.45, 2.75) is 19.1 Å². The summed E-state index contributed by atoms with van der Waals surface area (Å²) in [4.78, 5) is 20.6. The Balaban J connectivity index is 0.000000656. The van der Waals surface area contributed by atoms with E-state index < -0.39 is 18.0 Å². The van der Waals surface area contributed by atoms with Crippen LogP contribution in [-0.2, 0) is 25.7 Å². The van der Waals surface area contributed by atoms with Gasteiger partial charge in [-0.2, -0.15) is 0 Å². The van der Waals surface area contributed by atoms with E-state index in [1.807, 2.05) is 24.3 Å². The molecule has 0 bridgehead atoms. The zero-order valence-corrected chi connectivity index (χ0v) is 17.3. The molecule has 1 unspecified atom stereocenters. The normalized spacial score (nSPS) is 15.0. The lowest BCUT2D eigenvalue weighted by molar-refractivity contribution is -0.159. The molecular weight excluding hydrogens is 396 g/mol. The summed E-state index contributed by atoms with van der Waals surface area (Å²) in [5.41, 5.74) is 0.991. The maximum atomic E-state index is 9.96. The number of carboxylic acid groups (broad SMARTS) is 2. The molecule has 1 aliphatic heterocycles. The fourth-order valence-electron chi connectivity index (χ4n) is 2.71. The van der Waals surface area contributed by atoms with Crippen molar-refractivity contribution in [2.24, 2.45) is 0 Å². The minimum Gasteiger partial charge on any atom is -0.496 e. The number of benzene rings is 1. The van der Waals surface area contributed by atoms with Gasteiger partial charge in [-0.1, -0.05) is 18.2 Å². The molecule has 0 spiro atoms. The summed E-state index contributed by atoms with van der Waals surface area (Å²) in [6.07, 6.45) is 0.581. The average molecular weight is 428 g/mol. The highest BCUT2D eigenvalue weighted by Gasteiger charge is 2.10. The number of carbonyl (C=O) groups is 2. The molecule has 1 aromatic rings. The van der Waals surface area contributed by atoms with Gasteiger partial charge in [0, 0.05) is 25.2 Å². The molecule has 30 heavy (non-hydrogen) atoms. The van der Waals surface area contributed by atoms with Gasteiger partial charge in [-0.15, -0.1) is 0 Å². The van der Waals surface area contributed by atoms with Crippen LogP contribution in [0.25, 0.3) is 0 Å². The quantitative estimate of drug-likeness (QED) is 0.282. The van der Waals surface area contributed by atoms with Crippen LogP contribution in [0.5, 0.6) is 5.75 Å². The predicted octanol–water partition coefficient (Wildman–Crippen LogP) is 0.0402. The molecule has 0 saturated carbocycles. The van der Waals surface area contributed by atoms with Crippen molar-refractivity contribution in [2.75, 3.05) is 59.7 Å². The molecule has 170 valence electrons. The van der Waals surface area contributed by atoms with E-state index in [0.717, 1.165) is 57.1 Å². The number of aliphatic hydroxyl groups is 1. The van der Waals surface area contributed by atoms with E-state index in [9.17, 15) is 5.11 Å². The first-order valence-electron chi connectivity index (χ1n) is 9.78. The third kappa shape index (κ3) is 11.7. The maximum absolute atomic E-state index is 9.96. The number of hydrogen-bond donors (Lipinski definition) is 4. The van der Waals surface area contributed by atoms with Crippen molar-refractivity contribution in [1.82, 2.24) is 10.2 Å². The molecule has 0 aromatic heterocycles. The molecule has 1 aliphatic rings. The van der Waals surface area contributed by atoms with Crippen LogP contribution in [0.1, 0.15) is 12.0 Å². The Morgan fingerprint density at radius 2 is 1.87 bits per heavy atom. The summed E-state index contributed by atoms with van der Waals surface area (Å²) < 4.78 is 16.2. The number of methoxy groups -OCH3 is 1. The van der Waals surface area contributed by atoms with Crippen LogP contribution >= 0.6 is 0 Å². The lowest BCUT2D eigenvalue weighted by Gasteiger charge is -2.26. The summed E-state index contributed by atoms with van der Waals surface area (Å²) >= 11 is 0. The number of nitrogens with one attached hydrogen (secondary N) is 1. The molecule has 10 heteroatoms. The van der Waals surface area contributed by atoms with E-state index in [1.165, 1.54) is 0 Å². The summed E-state index contributed by atoms with van der Waals surface area (Å²) in [6.45, 7) is 7.03. The Labute approximate surface area is 176 Å². The van der Waals surface area contributed by atoms with Gasteiger partial charge in [0.15, 0.2) is 0 Å². The van der Waals surface area contributed by atoms with E-state index in [-0.39, 0.29) is 0 Å². The summed E-state index contributed by atoms with van der Waals surface area (Å²) in [5, 5.41) is 28.0. The zero-order chi connectivity index (χ0) is 22.2. The van der Waals surface area contributed by atoms with Gasteiger partial charge in [0.1, 0.15) is 5.75 Å². The molecule has 0 radical (unpaired) electrons. The number of nitrogens with zero attached hydrogens (tertiary/aromatic N) is 1. The van der Waals surface area contributed by atoms with Crippen LogP contribution < -0.4 is 10.1 Å². The first-order valence-corrected chi connectivity index (χ1v) is 9.78. The SMILES string of the molecule is COc1ccccc1COCC(O)CNCCCN1CCOCC1.O=C(O)C(=O)O. The lowest BCUT2D eigenvalue weighted by Crippen LogP contribution is -2.38. The second-order valence-corrected chi connectivity index (χ2v) is 6.60. The van der Waals surface area contributed by atoms with Crippen molar-refractivity contribution >= 4 is 11.9 Å². The highest BCUT2D eigenvalue weighted by molar-refractivity contribution is 6.27. The van der Waals surface area contributed by atoms with Crippen molar-refractivity contribution in [1.29, 1.82) is 0 Å². The van der Waals surface area contributed by atoms with Gasteiger partial charge in [0.25, 0.3) is 0 Å². The first kappa shape index (κ1) is 25.8. The lowest BCUT2D eigenvalue weighted by atomic mass is 10.2. The van der Waals surface area contributed by atoms with E-state index in [0.29, 0.717) is 19.8 Å². The molecule has 1 saturated heterocycles. The Morgan fingerprint density at radius 1 is 1.20 bits per heavy atom. The Hall–Kier alpha value is -2.24. The minimum absolute atomic E-state index is 0.314. The van der Waals surface area contributed by atoms with Gasteiger partial charge < -0.3 is 34.8 Å². The van der Waals surface area contributed by atoms with Crippen molar-refractivity contribution in [3.63, 3.8) is 0 Å². The molecule has 0 aliphatic carbocycles. The number of para-hydroxylation sites is 1. The van der Waals surface area contributed by atoms with Gasteiger partial charge in [0.2, 0.25) is 0 Å². The Kier molecular flexibility index (Phi) is 13.4. The van der Waals surface area contributed by atoms with Crippen molar-refractivity contribution < 1.29 is 39.1 Å². The van der Waals surface area contributed by atoms with Crippen molar-refractivity contribution in [3.05, 3.63) is 29.8 Å². The number of aliphatic hydroxyl groups excluding tert-OH is 1. The molecule has 1 atom stereocenters. The standard InChI is InChI=1S/C18H30N2O4.C2H2O4/c1-22-18-6-3-2-5-16(18)14-24-15-17(21)13-19-7-4-8-20-9-11-23-12-10-20;3-1(4)2(5)6/h2-3,5-6,17,19,21H,4,7-15H2,1H3;(H,3,4)(H,5,6). The van der Waals surface area contributed by atoms with Crippen LogP contribution in [0.2, 0.25) is 0 Å². The van der Waals surface area contributed by atoms with E-state index in [2.05, 4.69) is 10.2 Å². The van der Waals surface area contributed by atoms with Crippen LogP contribution in [0.3, 0.4) is 0 Å². The first-order chi connectivity index (χ1) is 14.4. The van der Waals surface area contributed by atoms with Crippen LogP contribution in [0, 0.1) is 0 Å². The number of hydrogen-bond acceptors (Lipinski definition) is 8. The molecule has 1 heterocycles. The van der Waals surface area contributed by atoms with Gasteiger partial charge in [-0.05, 0) is 25.6 Å². The molecule has 10 nitrogen and oxygen atoms in total. The van der Waals surface area contributed by atoms with Gasteiger partial charge in [-0.25, -0.2) is 9.59 Å². The Bertz CT molecular complexity index is 611. The monoisotopic (exact) mass is 428 g/mol. The second-order valence-electron chi connectivity index (χ2n) is 6.60. The minimum atomic E-state index is -1.82. The second kappa shape index (κ2) is 15.6. The van der Waals surface area contributed by atoms with E-state index in [4.69, 9.17) is 34.0 Å². The molecule has 0 amide bonds. The zero-order valence-electron chi connectivity index (χ0n) is 17.3. The highest BCUT2D eigenvalue weighted by Crippen LogP contribution is 2.17. The summed E-state index contributed by atoms with van der Waals surface area (Å²) in [5.74, 6) is -2.83. The average Bonchev–Trinajstić information content (AvgIpc) is 2.75. The third-order valence-corrected chi connectivity index (χ3v) is 4.25. The van der Waals surface area contributed by atoms with Crippen LogP contribution in [0.4, 0.5) is 0 Å². The van der Waals surface area contributed by atoms with Crippen LogP contribution in [0.15, 0.2) is 24.3 Å². The fourth-order valence-corrected chi connectivity index (χ4v) is 2.71. The molecule has 2 rings (SSSR count). The number of ether oxygens (including phenoxy) is 3. The third-order valence-electron chi connectivity index (χ3n) is 4.25. The van der Waals surface area contributed by atoms with E-state index >= 15 is 0 Å². The van der Waals surface area contributed by atoms with Crippen molar-refractivity contribution in [3.8, 4) is 5.75 Å². The molecule has 1 aromatic carbocycles. The highest BCUT2D eigenvalue weighted by atomic mass is 16.5. The molecule has 1 fully saturated rings. The number of rotatable bonds is 11. The maximum Gasteiger partial charge on any atom is 0.414 e. The molecule has 4 N–H and O–H groups in total.